The first-order valence-corrected chi connectivity index (χ1v) is 11.4. The van der Waals surface area contributed by atoms with Gasteiger partial charge in [-0.3, -0.25) is 9.59 Å². The zero-order valence-corrected chi connectivity index (χ0v) is 18.8. The van der Waals surface area contributed by atoms with Crippen LogP contribution in [0.2, 0.25) is 0 Å². The van der Waals surface area contributed by atoms with Gasteiger partial charge in [-0.1, -0.05) is 44.2 Å². The summed E-state index contributed by atoms with van der Waals surface area (Å²) < 4.78 is 40.1. The molecule has 0 aliphatic rings. The minimum atomic E-state index is -4.11. The summed E-state index contributed by atoms with van der Waals surface area (Å²) in [6.07, 6.45) is 1.36. The molecule has 0 spiro atoms. The van der Waals surface area contributed by atoms with Crippen molar-refractivity contribution in [2.24, 2.45) is 11.8 Å². The molecule has 6 nitrogen and oxygen atoms in total. The van der Waals surface area contributed by atoms with Gasteiger partial charge in [-0.2, -0.15) is 0 Å². The van der Waals surface area contributed by atoms with E-state index in [4.69, 9.17) is 0 Å². The minimum absolute atomic E-state index is 0.332. The number of benzene rings is 2. The second-order valence-corrected chi connectivity index (χ2v) is 9.29. The van der Waals surface area contributed by atoms with Gasteiger partial charge in [0.05, 0.1) is 5.41 Å². The largest absolute Gasteiger partial charge is 0.309 e. The van der Waals surface area contributed by atoms with E-state index >= 15 is 0 Å². The van der Waals surface area contributed by atoms with Crippen LogP contribution in [0, 0.1) is 17.7 Å². The Kier molecular flexibility index (Phi) is 8.10. The van der Waals surface area contributed by atoms with E-state index in [1.807, 2.05) is 4.72 Å². The van der Waals surface area contributed by atoms with Gasteiger partial charge in [0.1, 0.15) is 11.7 Å². The average Bonchev–Trinajstić information content (AvgIpc) is 2.68. The van der Waals surface area contributed by atoms with Gasteiger partial charge < -0.3 is 4.90 Å². The van der Waals surface area contributed by atoms with Crippen molar-refractivity contribution in [3.05, 3.63) is 71.4 Å². The van der Waals surface area contributed by atoms with Gasteiger partial charge in [-0.05, 0) is 55.7 Å². The number of rotatable bonds is 8. The van der Waals surface area contributed by atoms with Gasteiger partial charge in [0.15, 0.2) is 0 Å². The van der Waals surface area contributed by atoms with Crippen LogP contribution in [-0.4, -0.2) is 26.3 Å². The van der Waals surface area contributed by atoms with Crippen molar-refractivity contribution in [2.75, 3.05) is 4.90 Å². The average molecular weight is 447 g/mol. The number of carbonyl (C=O) groups is 2. The smallest absolute Gasteiger partial charge is 0.257 e. The third-order valence-electron chi connectivity index (χ3n) is 4.56. The van der Waals surface area contributed by atoms with Gasteiger partial charge >= 0.3 is 0 Å². The highest BCUT2D eigenvalue weighted by atomic mass is 32.2. The summed E-state index contributed by atoms with van der Waals surface area (Å²) in [6.45, 7) is 6.85. The molecular weight excluding hydrogens is 419 g/mol. The van der Waals surface area contributed by atoms with Crippen LogP contribution >= 0.6 is 0 Å². The van der Waals surface area contributed by atoms with E-state index in [2.05, 4.69) is 0 Å². The highest BCUT2D eigenvalue weighted by Gasteiger charge is 2.36. The second-order valence-electron chi connectivity index (χ2n) is 7.72. The molecule has 0 aliphatic carbocycles. The van der Waals surface area contributed by atoms with Crippen molar-refractivity contribution in [3.8, 4) is 0 Å². The second kappa shape index (κ2) is 10.3. The highest BCUT2D eigenvalue weighted by molar-refractivity contribution is 7.93. The first-order chi connectivity index (χ1) is 14.5. The van der Waals surface area contributed by atoms with Gasteiger partial charge in [-0.25, -0.2) is 17.5 Å². The first kappa shape index (κ1) is 24.3. The lowest BCUT2D eigenvalue weighted by Gasteiger charge is -2.31. The van der Waals surface area contributed by atoms with Crippen LogP contribution in [0.25, 0.3) is 6.08 Å². The number of amides is 2. The quantitative estimate of drug-likeness (QED) is 0.622. The predicted molar refractivity (Wildman–Crippen MR) is 120 cm³/mol. The van der Waals surface area contributed by atoms with E-state index in [-0.39, 0.29) is 6.04 Å². The molecule has 1 atom stereocenters. The number of sulfonamides is 1. The van der Waals surface area contributed by atoms with Crippen LogP contribution in [0.5, 0.6) is 0 Å². The fourth-order valence-corrected chi connectivity index (χ4v) is 3.91. The zero-order chi connectivity index (χ0) is 23.2. The van der Waals surface area contributed by atoms with Gasteiger partial charge in [-0.15, -0.1) is 0 Å². The fraction of sp³-hybridized carbons (Fsp3) is 0.304. The monoisotopic (exact) mass is 446 g/mol. The number of nitrogens with one attached hydrogen (secondary N) is 1. The molecule has 0 radical (unpaired) electrons. The summed E-state index contributed by atoms with van der Waals surface area (Å²) in [5, 5.41) is 0.891. The van der Waals surface area contributed by atoms with Crippen LogP contribution in [0.15, 0.2) is 60.0 Å². The molecule has 2 amide bonds. The minimum Gasteiger partial charge on any atom is -0.309 e. The van der Waals surface area contributed by atoms with E-state index in [1.165, 1.54) is 35.2 Å². The molecule has 31 heavy (non-hydrogen) atoms. The number of hydrogen-bond donors (Lipinski definition) is 1. The summed E-state index contributed by atoms with van der Waals surface area (Å²) in [4.78, 5) is 27.5. The molecule has 2 aromatic carbocycles. The summed E-state index contributed by atoms with van der Waals surface area (Å²) >= 11 is 0. The molecule has 2 aromatic rings. The van der Waals surface area contributed by atoms with Crippen LogP contribution in [0.1, 0.15) is 33.3 Å². The Balaban J connectivity index is 2.26. The Hall–Kier alpha value is -3.00. The van der Waals surface area contributed by atoms with Crippen LogP contribution in [-0.2, 0) is 19.6 Å². The Morgan fingerprint density at radius 2 is 1.55 bits per heavy atom. The molecule has 0 aliphatic heterocycles. The Bertz CT molecular complexity index is 1030. The number of halogens is 1. The van der Waals surface area contributed by atoms with Crippen molar-refractivity contribution >= 4 is 33.6 Å². The maximum Gasteiger partial charge on any atom is 0.257 e. The number of hydrogen-bond acceptors (Lipinski definition) is 4. The first-order valence-electron chi connectivity index (χ1n) is 9.90. The molecule has 166 valence electrons. The van der Waals surface area contributed by atoms with E-state index in [0.29, 0.717) is 11.3 Å². The predicted octanol–water partition coefficient (Wildman–Crippen LogP) is 3.96. The van der Waals surface area contributed by atoms with Crippen LogP contribution in [0.4, 0.5) is 10.1 Å². The van der Waals surface area contributed by atoms with E-state index in [0.717, 1.165) is 5.41 Å². The molecule has 2 rings (SSSR count). The maximum atomic E-state index is 13.3. The Labute approximate surface area is 182 Å². The summed E-state index contributed by atoms with van der Waals surface area (Å²) in [5.74, 6) is -3.63. The molecule has 0 aromatic heterocycles. The molecular formula is C23H27FN2O4S. The van der Waals surface area contributed by atoms with Crippen molar-refractivity contribution in [2.45, 2.75) is 33.7 Å². The summed E-state index contributed by atoms with van der Waals surface area (Å²) in [7, 11) is -4.11. The molecule has 0 bridgehead atoms. The normalized spacial score (nSPS) is 12.9. The standard InChI is InChI=1S/C23H27FN2O4S/c1-16(2)21(23(28)26(17(3)4)20-12-10-19(24)11-13-20)22(27)25-31(29,30)15-14-18-8-6-5-7-9-18/h5-17,21H,1-4H3,(H,25,27). The van der Waals surface area contributed by atoms with E-state index < -0.39 is 39.5 Å². The van der Waals surface area contributed by atoms with Crippen LogP contribution in [0.3, 0.4) is 0 Å². The topological polar surface area (TPSA) is 83.5 Å². The van der Waals surface area contributed by atoms with E-state index in [1.54, 1.807) is 58.0 Å². The fourth-order valence-electron chi connectivity index (χ4n) is 3.10. The van der Waals surface area contributed by atoms with Crippen molar-refractivity contribution in [3.63, 3.8) is 0 Å². The molecule has 1 unspecified atom stereocenters. The molecule has 0 saturated heterocycles. The van der Waals surface area contributed by atoms with Crippen molar-refractivity contribution < 1.29 is 22.4 Å². The molecule has 0 saturated carbocycles. The van der Waals surface area contributed by atoms with E-state index in [9.17, 15) is 22.4 Å². The lowest BCUT2D eigenvalue weighted by molar-refractivity contribution is -0.134. The van der Waals surface area contributed by atoms with Gasteiger partial charge in [0, 0.05) is 11.7 Å². The molecule has 8 heteroatoms. The van der Waals surface area contributed by atoms with Crippen molar-refractivity contribution in [1.82, 2.24) is 4.72 Å². The molecule has 0 heterocycles. The zero-order valence-electron chi connectivity index (χ0n) is 17.9. The van der Waals surface area contributed by atoms with Crippen molar-refractivity contribution in [1.29, 1.82) is 0 Å². The van der Waals surface area contributed by atoms with Gasteiger partial charge in [0.2, 0.25) is 11.8 Å². The molecule has 0 fully saturated rings. The number of carbonyl (C=O) groups excluding carboxylic acids is 2. The lowest BCUT2D eigenvalue weighted by Crippen LogP contribution is -2.49. The molecule has 1 N–H and O–H groups in total. The summed E-state index contributed by atoms with van der Waals surface area (Å²) in [5.41, 5.74) is 1.07. The Morgan fingerprint density at radius 3 is 2.06 bits per heavy atom. The maximum absolute atomic E-state index is 13.3. The third kappa shape index (κ3) is 6.75. The third-order valence-corrected chi connectivity index (χ3v) is 5.54. The number of anilines is 1. The SMILES string of the molecule is CC(C)C(C(=O)NS(=O)(=O)C=Cc1ccccc1)C(=O)N(c1ccc(F)cc1)C(C)C. The lowest BCUT2D eigenvalue weighted by atomic mass is 9.93. The highest BCUT2D eigenvalue weighted by Crippen LogP contribution is 2.24. The Morgan fingerprint density at radius 1 is 0.968 bits per heavy atom. The van der Waals surface area contributed by atoms with Gasteiger partial charge in [0.25, 0.3) is 10.0 Å². The van der Waals surface area contributed by atoms with Crippen LogP contribution < -0.4 is 9.62 Å². The number of nitrogens with zero attached hydrogens (tertiary/aromatic N) is 1. The summed E-state index contributed by atoms with van der Waals surface area (Å²) in [6, 6.07) is 13.8.